The largest absolute Gasteiger partial charge is 0.348 e. The maximum Gasteiger partial charge on any atom is 0.0290 e. The van der Waals surface area contributed by atoms with E-state index in [0.717, 1.165) is 13.0 Å². The highest BCUT2D eigenvalue weighted by atomic mass is 15.0. The number of aromatic nitrogens is 1. The normalized spacial score (nSPS) is 14.9. The summed E-state index contributed by atoms with van der Waals surface area (Å²) in [5, 5.41) is 0. The fourth-order valence-corrected chi connectivity index (χ4v) is 2.18. The van der Waals surface area contributed by atoms with Crippen molar-refractivity contribution in [3.05, 3.63) is 40.7 Å². The van der Waals surface area contributed by atoms with E-state index in [4.69, 9.17) is 0 Å². The standard InChI is InChI=1S/C13H17N/c1-4-14-11(3)9-12-7-5-6-10(2)8-13(12)14/h5-7,9H,4,8H2,1-3H3. The van der Waals surface area contributed by atoms with Gasteiger partial charge >= 0.3 is 0 Å². The van der Waals surface area contributed by atoms with Crippen LogP contribution in [-0.2, 0) is 13.0 Å². The third-order valence-corrected chi connectivity index (χ3v) is 2.87. The molecule has 0 spiro atoms. The molecule has 0 saturated heterocycles. The average Bonchev–Trinajstić information content (AvgIpc) is 2.30. The molecular weight excluding hydrogens is 170 g/mol. The molecule has 0 radical (unpaired) electrons. The fraction of sp³-hybridized carbons (Fsp3) is 0.385. The highest BCUT2D eigenvalue weighted by molar-refractivity contribution is 5.58. The highest BCUT2D eigenvalue weighted by Crippen LogP contribution is 2.23. The Hall–Kier alpha value is -1.24. The van der Waals surface area contributed by atoms with Crippen LogP contribution in [0.1, 0.15) is 30.8 Å². The third kappa shape index (κ3) is 1.43. The van der Waals surface area contributed by atoms with Crippen molar-refractivity contribution in [2.24, 2.45) is 0 Å². The van der Waals surface area contributed by atoms with Crippen LogP contribution in [0.5, 0.6) is 0 Å². The molecule has 14 heavy (non-hydrogen) atoms. The van der Waals surface area contributed by atoms with E-state index in [1.165, 1.54) is 22.5 Å². The fourth-order valence-electron chi connectivity index (χ4n) is 2.18. The summed E-state index contributed by atoms with van der Waals surface area (Å²) >= 11 is 0. The van der Waals surface area contributed by atoms with E-state index in [2.05, 4.69) is 49.6 Å². The lowest BCUT2D eigenvalue weighted by molar-refractivity contribution is 0.703. The van der Waals surface area contributed by atoms with Gasteiger partial charge in [0.1, 0.15) is 0 Å². The van der Waals surface area contributed by atoms with Gasteiger partial charge in [0.15, 0.2) is 0 Å². The molecule has 1 aromatic rings. The molecule has 0 aliphatic heterocycles. The summed E-state index contributed by atoms with van der Waals surface area (Å²) in [6, 6.07) is 2.28. The molecule has 1 heterocycles. The first-order valence-electron chi connectivity index (χ1n) is 5.25. The maximum absolute atomic E-state index is 2.41. The van der Waals surface area contributed by atoms with E-state index in [0.29, 0.717) is 0 Å². The van der Waals surface area contributed by atoms with Crippen LogP contribution in [0.3, 0.4) is 0 Å². The van der Waals surface area contributed by atoms with Gasteiger partial charge in [-0.15, -0.1) is 0 Å². The van der Waals surface area contributed by atoms with Crippen molar-refractivity contribution >= 4 is 6.08 Å². The van der Waals surface area contributed by atoms with Crippen molar-refractivity contribution in [2.75, 3.05) is 0 Å². The van der Waals surface area contributed by atoms with Crippen LogP contribution in [-0.4, -0.2) is 4.57 Å². The van der Waals surface area contributed by atoms with E-state index in [1.54, 1.807) is 0 Å². The van der Waals surface area contributed by atoms with Crippen molar-refractivity contribution in [3.8, 4) is 0 Å². The minimum Gasteiger partial charge on any atom is -0.348 e. The zero-order chi connectivity index (χ0) is 10.1. The molecule has 1 aliphatic carbocycles. The second kappa shape index (κ2) is 3.49. The van der Waals surface area contributed by atoms with Gasteiger partial charge in [0.25, 0.3) is 0 Å². The van der Waals surface area contributed by atoms with Gasteiger partial charge in [-0.05, 0) is 32.4 Å². The van der Waals surface area contributed by atoms with Crippen LogP contribution < -0.4 is 0 Å². The van der Waals surface area contributed by atoms with Gasteiger partial charge in [-0.3, -0.25) is 0 Å². The molecule has 0 atom stereocenters. The predicted molar refractivity (Wildman–Crippen MR) is 61.3 cm³/mol. The molecule has 0 bridgehead atoms. The van der Waals surface area contributed by atoms with Crippen molar-refractivity contribution in [1.29, 1.82) is 0 Å². The van der Waals surface area contributed by atoms with Crippen molar-refractivity contribution < 1.29 is 0 Å². The molecule has 74 valence electrons. The van der Waals surface area contributed by atoms with Crippen molar-refractivity contribution in [3.63, 3.8) is 0 Å². The zero-order valence-electron chi connectivity index (χ0n) is 9.17. The molecule has 0 amide bonds. The lowest BCUT2D eigenvalue weighted by Gasteiger charge is -2.09. The first-order chi connectivity index (χ1) is 6.72. The van der Waals surface area contributed by atoms with Gasteiger partial charge < -0.3 is 4.57 Å². The number of rotatable bonds is 1. The summed E-state index contributed by atoms with van der Waals surface area (Å²) in [6.07, 6.45) is 7.66. The van der Waals surface area contributed by atoms with Gasteiger partial charge in [0, 0.05) is 24.4 Å². The number of nitrogens with zero attached hydrogens (tertiary/aromatic N) is 1. The Morgan fingerprint density at radius 1 is 1.36 bits per heavy atom. The first kappa shape index (κ1) is 9.32. The predicted octanol–water partition coefficient (Wildman–Crippen LogP) is 3.33. The van der Waals surface area contributed by atoms with Gasteiger partial charge in [-0.1, -0.05) is 23.8 Å². The number of hydrogen-bond donors (Lipinski definition) is 0. The Bertz CT molecular complexity index is 405. The van der Waals surface area contributed by atoms with Gasteiger partial charge in [0.05, 0.1) is 0 Å². The van der Waals surface area contributed by atoms with E-state index in [1.807, 2.05) is 0 Å². The molecule has 1 heteroatoms. The minimum atomic E-state index is 1.07. The Morgan fingerprint density at radius 3 is 2.86 bits per heavy atom. The van der Waals surface area contributed by atoms with Crippen LogP contribution in [0.4, 0.5) is 0 Å². The lowest BCUT2D eigenvalue weighted by Crippen LogP contribution is -2.03. The summed E-state index contributed by atoms with van der Waals surface area (Å²) in [4.78, 5) is 0. The number of fused-ring (bicyclic) bond motifs is 1. The maximum atomic E-state index is 2.41. The molecule has 0 aromatic carbocycles. The molecule has 0 unspecified atom stereocenters. The third-order valence-electron chi connectivity index (χ3n) is 2.87. The molecule has 1 nitrogen and oxygen atoms in total. The molecule has 2 rings (SSSR count). The van der Waals surface area contributed by atoms with Crippen LogP contribution in [0.25, 0.3) is 6.08 Å². The van der Waals surface area contributed by atoms with Crippen LogP contribution in [0, 0.1) is 6.92 Å². The topological polar surface area (TPSA) is 4.93 Å². The summed E-state index contributed by atoms with van der Waals surface area (Å²) in [5.41, 5.74) is 5.66. The Labute approximate surface area is 85.7 Å². The second-order valence-electron chi connectivity index (χ2n) is 3.98. The van der Waals surface area contributed by atoms with E-state index in [9.17, 15) is 0 Å². The number of aryl methyl sites for hydroxylation is 1. The summed E-state index contributed by atoms with van der Waals surface area (Å²) in [6.45, 7) is 7.66. The SMILES string of the molecule is CCn1c(C)cc2c1CC(C)=CC=C2. The Kier molecular flexibility index (Phi) is 2.32. The smallest absolute Gasteiger partial charge is 0.0290 e. The van der Waals surface area contributed by atoms with Crippen LogP contribution >= 0.6 is 0 Å². The Balaban J connectivity index is 2.54. The first-order valence-corrected chi connectivity index (χ1v) is 5.25. The Morgan fingerprint density at radius 2 is 2.14 bits per heavy atom. The molecule has 0 N–H and O–H groups in total. The van der Waals surface area contributed by atoms with E-state index >= 15 is 0 Å². The van der Waals surface area contributed by atoms with E-state index < -0.39 is 0 Å². The monoisotopic (exact) mass is 187 g/mol. The minimum absolute atomic E-state index is 1.07. The summed E-state index contributed by atoms with van der Waals surface area (Å²) in [7, 11) is 0. The highest BCUT2D eigenvalue weighted by Gasteiger charge is 2.11. The van der Waals surface area contributed by atoms with Crippen LogP contribution in [0.2, 0.25) is 0 Å². The zero-order valence-corrected chi connectivity index (χ0v) is 9.17. The second-order valence-corrected chi connectivity index (χ2v) is 3.98. The van der Waals surface area contributed by atoms with Gasteiger partial charge in [-0.2, -0.15) is 0 Å². The summed E-state index contributed by atoms with van der Waals surface area (Å²) in [5.74, 6) is 0. The molecule has 1 aromatic heterocycles. The van der Waals surface area contributed by atoms with Crippen molar-refractivity contribution in [2.45, 2.75) is 33.7 Å². The van der Waals surface area contributed by atoms with Gasteiger partial charge in [0.2, 0.25) is 0 Å². The number of hydrogen-bond acceptors (Lipinski definition) is 0. The molecule has 0 saturated carbocycles. The quantitative estimate of drug-likeness (QED) is 0.635. The number of allylic oxidation sites excluding steroid dienone is 3. The average molecular weight is 187 g/mol. The summed E-state index contributed by atoms with van der Waals surface area (Å²) < 4.78 is 2.41. The molecule has 0 fully saturated rings. The molecular formula is C13H17N. The van der Waals surface area contributed by atoms with E-state index in [-0.39, 0.29) is 0 Å². The molecule has 1 aliphatic rings. The van der Waals surface area contributed by atoms with Crippen molar-refractivity contribution in [1.82, 2.24) is 4.57 Å². The van der Waals surface area contributed by atoms with Gasteiger partial charge in [-0.25, -0.2) is 0 Å². The van der Waals surface area contributed by atoms with Crippen LogP contribution in [0.15, 0.2) is 23.8 Å². The lowest BCUT2D eigenvalue weighted by atomic mass is 10.1.